The molecule has 0 aromatic carbocycles. The zero-order chi connectivity index (χ0) is 7.72. The summed E-state index contributed by atoms with van der Waals surface area (Å²) in [5, 5.41) is 18.3. The SMILES string of the molecule is CC1=CC(O)N(C)C(O)=C1. The number of likely N-dealkylation sites (N-methyl/N-ethyl adjacent to an activating group) is 1. The maximum Gasteiger partial charge on any atom is 0.189 e. The Balaban J connectivity index is 2.85. The minimum absolute atomic E-state index is 0.104. The third-order valence-electron chi connectivity index (χ3n) is 1.53. The van der Waals surface area contributed by atoms with E-state index >= 15 is 0 Å². The summed E-state index contributed by atoms with van der Waals surface area (Å²) < 4.78 is 0. The van der Waals surface area contributed by atoms with Gasteiger partial charge in [0.25, 0.3) is 0 Å². The highest BCUT2D eigenvalue weighted by molar-refractivity contribution is 5.23. The van der Waals surface area contributed by atoms with Gasteiger partial charge in [0.1, 0.15) is 6.23 Å². The number of hydrogen-bond acceptors (Lipinski definition) is 3. The highest BCUT2D eigenvalue weighted by Gasteiger charge is 2.14. The standard InChI is InChI=1S/C7H11NO2/c1-5-3-6(9)8(2)7(10)4-5/h3-4,6,9-10H,1-2H3. The van der Waals surface area contributed by atoms with Gasteiger partial charge in [-0.05, 0) is 18.6 Å². The van der Waals surface area contributed by atoms with Gasteiger partial charge < -0.3 is 15.1 Å². The lowest BCUT2D eigenvalue weighted by Gasteiger charge is -2.25. The van der Waals surface area contributed by atoms with Gasteiger partial charge in [0.15, 0.2) is 5.88 Å². The molecule has 1 heterocycles. The molecule has 0 fully saturated rings. The predicted molar refractivity (Wildman–Crippen MR) is 38.2 cm³/mol. The van der Waals surface area contributed by atoms with Crippen molar-refractivity contribution in [3.63, 3.8) is 0 Å². The fourth-order valence-corrected chi connectivity index (χ4v) is 0.836. The smallest absolute Gasteiger partial charge is 0.189 e. The third-order valence-corrected chi connectivity index (χ3v) is 1.53. The normalized spacial score (nSPS) is 25.9. The molecule has 0 aromatic heterocycles. The molecule has 0 aliphatic carbocycles. The van der Waals surface area contributed by atoms with Crippen molar-refractivity contribution in [3.8, 4) is 0 Å². The van der Waals surface area contributed by atoms with Crippen molar-refractivity contribution in [3.05, 3.63) is 23.6 Å². The Morgan fingerprint density at radius 2 is 2.20 bits per heavy atom. The molecule has 3 heteroatoms. The fraction of sp³-hybridized carbons (Fsp3) is 0.429. The molecule has 56 valence electrons. The first kappa shape index (κ1) is 7.15. The Morgan fingerprint density at radius 1 is 1.60 bits per heavy atom. The van der Waals surface area contributed by atoms with Crippen LogP contribution in [-0.4, -0.2) is 28.4 Å². The molecule has 0 bridgehead atoms. The molecule has 2 N–H and O–H groups in total. The summed E-state index contributed by atoms with van der Waals surface area (Å²) in [5.41, 5.74) is 0.878. The maximum absolute atomic E-state index is 9.17. The minimum Gasteiger partial charge on any atom is -0.495 e. The lowest BCUT2D eigenvalue weighted by molar-refractivity contribution is 0.0475. The minimum atomic E-state index is -0.690. The van der Waals surface area contributed by atoms with Crippen LogP contribution in [0.25, 0.3) is 0 Å². The van der Waals surface area contributed by atoms with Crippen LogP contribution in [0.1, 0.15) is 6.92 Å². The van der Waals surface area contributed by atoms with Gasteiger partial charge in [0.2, 0.25) is 0 Å². The van der Waals surface area contributed by atoms with E-state index in [1.54, 1.807) is 19.2 Å². The molecule has 3 nitrogen and oxygen atoms in total. The third kappa shape index (κ3) is 1.14. The van der Waals surface area contributed by atoms with Crippen molar-refractivity contribution in [1.82, 2.24) is 4.90 Å². The van der Waals surface area contributed by atoms with Crippen LogP contribution in [0.3, 0.4) is 0 Å². The molecule has 0 aromatic rings. The Bertz CT molecular complexity index is 196. The number of nitrogens with zero attached hydrogens (tertiary/aromatic N) is 1. The molecule has 1 unspecified atom stereocenters. The fourth-order valence-electron chi connectivity index (χ4n) is 0.836. The zero-order valence-corrected chi connectivity index (χ0v) is 6.07. The van der Waals surface area contributed by atoms with E-state index in [9.17, 15) is 0 Å². The number of hydrogen-bond donors (Lipinski definition) is 2. The van der Waals surface area contributed by atoms with Crippen LogP contribution < -0.4 is 0 Å². The first-order chi connectivity index (χ1) is 4.61. The molecular formula is C7H11NO2. The maximum atomic E-state index is 9.17. The molecule has 0 saturated carbocycles. The largest absolute Gasteiger partial charge is 0.495 e. The number of aliphatic hydroxyl groups excluding tert-OH is 2. The Hall–Kier alpha value is -0.960. The molecule has 1 rings (SSSR count). The van der Waals surface area contributed by atoms with E-state index in [4.69, 9.17) is 10.2 Å². The Morgan fingerprint density at radius 3 is 2.70 bits per heavy atom. The molecule has 0 saturated heterocycles. The summed E-state index contributed by atoms with van der Waals surface area (Å²) in [6.45, 7) is 1.83. The van der Waals surface area contributed by atoms with Crippen molar-refractivity contribution in [2.75, 3.05) is 7.05 Å². The highest BCUT2D eigenvalue weighted by Crippen LogP contribution is 2.13. The molecule has 10 heavy (non-hydrogen) atoms. The lowest BCUT2D eigenvalue weighted by atomic mass is 10.2. The molecule has 0 radical (unpaired) electrons. The molecule has 1 aliphatic rings. The molecular weight excluding hydrogens is 130 g/mol. The van der Waals surface area contributed by atoms with Gasteiger partial charge in [-0.1, -0.05) is 0 Å². The van der Waals surface area contributed by atoms with Crippen molar-refractivity contribution in [2.45, 2.75) is 13.2 Å². The van der Waals surface area contributed by atoms with Crippen LogP contribution in [0.2, 0.25) is 0 Å². The quantitative estimate of drug-likeness (QED) is 0.519. The predicted octanol–water partition coefficient (Wildman–Crippen LogP) is 0.596. The van der Waals surface area contributed by atoms with E-state index in [1.807, 2.05) is 6.92 Å². The van der Waals surface area contributed by atoms with Gasteiger partial charge in [0, 0.05) is 13.1 Å². The van der Waals surface area contributed by atoms with Gasteiger partial charge in [-0.25, -0.2) is 0 Å². The number of aliphatic hydroxyl groups is 2. The van der Waals surface area contributed by atoms with Gasteiger partial charge in [-0.15, -0.1) is 0 Å². The molecule has 0 spiro atoms. The second-order valence-corrected chi connectivity index (χ2v) is 2.44. The lowest BCUT2D eigenvalue weighted by Crippen LogP contribution is -2.31. The average molecular weight is 141 g/mol. The Kier molecular flexibility index (Phi) is 1.68. The van der Waals surface area contributed by atoms with Crippen molar-refractivity contribution in [2.24, 2.45) is 0 Å². The van der Waals surface area contributed by atoms with E-state index in [-0.39, 0.29) is 5.88 Å². The van der Waals surface area contributed by atoms with Crippen LogP contribution in [-0.2, 0) is 0 Å². The summed E-state index contributed by atoms with van der Waals surface area (Å²) in [6, 6.07) is 0. The van der Waals surface area contributed by atoms with E-state index in [0.717, 1.165) is 5.57 Å². The van der Waals surface area contributed by atoms with Gasteiger partial charge in [0.05, 0.1) is 0 Å². The van der Waals surface area contributed by atoms with E-state index in [1.165, 1.54) is 4.90 Å². The molecule has 1 atom stereocenters. The highest BCUT2D eigenvalue weighted by atomic mass is 16.3. The van der Waals surface area contributed by atoms with Gasteiger partial charge in [-0.3, -0.25) is 0 Å². The number of allylic oxidation sites excluding steroid dienone is 2. The molecule has 0 amide bonds. The average Bonchev–Trinajstić information content (AvgIpc) is 1.82. The molecule has 1 aliphatic heterocycles. The second-order valence-electron chi connectivity index (χ2n) is 2.44. The van der Waals surface area contributed by atoms with Crippen molar-refractivity contribution in [1.29, 1.82) is 0 Å². The Labute approximate surface area is 59.9 Å². The van der Waals surface area contributed by atoms with Crippen LogP contribution in [0.4, 0.5) is 0 Å². The monoisotopic (exact) mass is 141 g/mol. The van der Waals surface area contributed by atoms with E-state index in [2.05, 4.69) is 0 Å². The van der Waals surface area contributed by atoms with Crippen LogP contribution in [0.15, 0.2) is 23.6 Å². The number of rotatable bonds is 0. The first-order valence-electron chi connectivity index (χ1n) is 3.11. The summed E-state index contributed by atoms with van der Waals surface area (Å²) in [5.74, 6) is 0.104. The van der Waals surface area contributed by atoms with E-state index < -0.39 is 6.23 Å². The van der Waals surface area contributed by atoms with Crippen LogP contribution >= 0.6 is 0 Å². The summed E-state index contributed by atoms with van der Waals surface area (Å²) in [4.78, 5) is 1.38. The first-order valence-corrected chi connectivity index (χ1v) is 3.11. The van der Waals surface area contributed by atoms with Crippen molar-refractivity contribution < 1.29 is 10.2 Å². The van der Waals surface area contributed by atoms with Crippen LogP contribution in [0, 0.1) is 0 Å². The van der Waals surface area contributed by atoms with Crippen molar-refractivity contribution >= 4 is 0 Å². The zero-order valence-electron chi connectivity index (χ0n) is 6.07. The summed E-state index contributed by atoms with van der Waals surface area (Å²) >= 11 is 0. The summed E-state index contributed by atoms with van der Waals surface area (Å²) in [6.07, 6.45) is 2.58. The van der Waals surface area contributed by atoms with Gasteiger partial charge >= 0.3 is 0 Å². The van der Waals surface area contributed by atoms with Gasteiger partial charge in [-0.2, -0.15) is 0 Å². The van der Waals surface area contributed by atoms with Crippen LogP contribution in [0.5, 0.6) is 0 Å². The topological polar surface area (TPSA) is 43.7 Å². The summed E-state index contributed by atoms with van der Waals surface area (Å²) in [7, 11) is 1.62. The van der Waals surface area contributed by atoms with E-state index in [0.29, 0.717) is 0 Å². The second kappa shape index (κ2) is 2.34.